The molecule has 0 bridgehead atoms. The highest BCUT2D eigenvalue weighted by atomic mass is 35.5. The van der Waals surface area contributed by atoms with Crippen LogP contribution in [-0.2, 0) is 18.2 Å². The van der Waals surface area contributed by atoms with Gasteiger partial charge in [-0.2, -0.15) is 5.10 Å². The molecule has 0 saturated carbocycles. The minimum absolute atomic E-state index is 0.387. The lowest BCUT2D eigenvalue weighted by Gasteiger charge is -2.10. The summed E-state index contributed by atoms with van der Waals surface area (Å²) in [6.45, 7) is 2.54. The number of hydrogen-bond donors (Lipinski definition) is 1. The number of aromatic nitrogens is 2. The van der Waals surface area contributed by atoms with Crippen LogP contribution in [0.4, 0.5) is 0 Å². The number of nitrogens with zero attached hydrogens (tertiary/aromatic N) is 2. The van der Waals surface area contributed by atoms with E-state index in [0.29, 0.717) is 24.5 Å². The van der Waals surface area contributed by atoms with Gasteiger partial charge in [-0.3, -0.25) is 4.68 Å². The van der Waals surface area contributed by atoms with E-state index in [9.17, 15) is 5.11 Å². The average molecular weight is 247 g/mol. The molecule has 0 spiro atoms. The molecule has 0 aliphatic carbocycles. The second-order valence-corrected chi connectivity index (χ2v) is 4.34. The number of aryl methyl sites for hydroxylation is 2. The van der Waals surface area contributed by atoms with Gasteiger partial charge in [-0.1, -0.05) is 11.6 Å². The van der Waals surface area contributed by atoms with E-state index in [-0.39, 0.29) is 6.10 Å². The first-order valence-corrected chi connectivity index (χ1v) is 5.79. The summed E-state index contributed by atoms with van der Waals surface area (Å²) in [4.78, 5) is 0. The number of halogens is 1. The molecule has 0 amide bonds. The first-order chi connectivity index (χ1) is 7.56. The average Bonchev–Trinajstić information content (AvgIpc) is 2.46. The van der Waals surface area contributed by atoms with E-state index in [2.05, 4.69) is 5.10 Å². The number of rotatable bonds is 6. The molecule has 0 fully saturated rings. The minimum Gasteiger partial charge on any atom is -0.393 e. The van der Waals surface area contributed by atoms with Crippen LogP contribution >= 0.6 is 11.6 Å². The quantitative estimate of drug-likeness (QED) is 0.778. The summed E-state index contributed by atoms with van der Waals surface area (Å²) in [6, 6.07) is 0. The number of ether oxygens (including phenoxy) is 1. The highest BCUT2D eigenvalue weighted by Crippen LogP contribution is 2.21. The summed E-state index contributed by atoms with van der Waals surface area (Å²) < 4.78 is 6.67. The molecule has 1 N–H and O–H groups in total. The van der Waals surface area contributed by atoms with Crippen molar-refractivity contribution in [3.8, 4) is 0 Å². The van der Waals surface area contributed by atoms with Crippen molar-refractivity contribution >= 4 is 11.6 Å². The van der Waals surface area contributed by atoms with E-state index in [1.165, 1.54) is 0 Å². The zero-order valence-corrected chi connectivity index (χ0v) is 10.8. The van der Waals surface area contributed by atoms with Crippen molar-refractivity contribution in [1.82, 2.24) is 9.78 Å². The van der Waals surface area contributed by atoms with Gasteiger partial charge in [0.25, 0.3) is 0 Å². The standard InChI is InChI=1S/C11H19ClN2O2/c1-8-11(12)10(14(2)13-8)7-9(15)5-4-6-16-3/h9,15H,4-7H2,1-3H3. The summed E-state index contributed by atoms with van der Waals surface area (Å²) in [5.41, 5.74) is 1.70. The van der Waals surface area contributed by atoms with Crippen molar-refractivity contribution in [1.29, 1.82) is 0 Å². The largest absolute Gasteiger partial charge is 0.393 e. The molecule has 16 heavy (non-hydrogen) atoms. The van der Waals surface area contributed by atoms with Gasteiger partial charge in [0.15, 0.2) is 0 Å². The van der Waals surface area contributed by atoms with Crippen molar-refractivity contribution in [2.75, 3.05) is 13.7 Å². The summed E-state index contributed by atoms with van der Waals surface area (Å²) in [6.07, 6.45) is 1.72. The minimum atomic E-state index is -0.387. The molecular weight excluding hydrogens is 228 g/mol. The lowest BCUT2D eigenvalue weighted by Crippen LogP contribution is -2.14. The van der Waals surface area contributed by atoms with Crippen molar-refractivity contribution in [2.45, 2.75) is 32.3 Å². The Kier molecular flexibility index (Phi) is 5.25. The fourth-order valence-corrected chi connectivity index (χ4v) is 1.93. The maximum Gasteiger partial charge on any atom is 0.0847 e. The fraction of sp³-hybridized carbons (Fsp3) is 0.727. The number of aliphatic hydroxyl groups is 1. The van der Waals surface area contributed by atoms with Crippen molar-refractivity contribution in [3.63, 3.8) is 0 Å². The summed E-state index contributed by atoms with van der Waals surface area (Å²) in [5.74, 6) is 0. The second-order valence-electron chi connectivity index (χ2n) is 3.96. The van der Waals surface area contributed by atoms with E-state index in [1.807, 2.05) is 14.0 Å². The molecule has 1 heterocycles. The lowest BCUT2D eigenvalue weighted by molar-refractivity contribution is 0.134. The molecule has 1 rings (SSSR count). The molecule has 0 aromatic carbocycles. The molecule has 1 aromatic rings. The Bertz CT molecular complexity index is 339. The van der Waals surface area contributed by atoms with Crippen LogP contribution in [0.2, 0.25) is 5.02 Å². The third kappa shape index (κ3) is 3.47. The van der Waals surface area contributed by atoms with Crippen molar-refractivity contribution < 1.29 is 9.84 Å². The van der Waals surface area contributed by atoms with Crippen LogP contribution in [-0.4, -0.2) is 34.7 Å². The predicted octanol–water partition coefficient (Wildman–Crippen LogP) is 1.71. The molecule has 4 nitrogen and oxygen atoms in total. The third-order valence-corrected chi connectivity index (χ3v) is 3.07. The SMILES string of the molecule is COCCCC(O)Cc1c(Cl)c(C)nn1C. The Morgan fingerprint density at radius 2 is 2.25 bits per heavy atom. The van der Waals surface area contributed by atoms with E-state index in [1.54, 1.807) is 11.8 Å². The molecule has 1 atom stereocenters. The van der Waals surface area contributed by atoms with Crippen molar-refractivity contribution in [2.24, 2.45) is 7.05 Å². The molecule has 5 heteroatoms. The highest BCUT2D eigenvalue weighted by molar-refractivity contribution is 6.31. The summed E-state index contributed by atoms with van der Waals surface area (Å²) in [7, 11) is 3.50. The molecule has 1 unspecified atom stereocenters. The van der Waals surface area contributed by atoms with Crippen LogP contribution in [0, 0.1) is 6.92 Å². The van der Waals surface area contributed by atoms with Crippen LogP contribution in [0.15, 0.2) is 0 Å². The van der Waals surface area contributed by atoms with E-state index >= 15 is 0 Å². The van der Waals surface area contributed by atoms with Gasteiger partial charge in [-0.05, 0) is 19.8 Å². The van der Waals surface area contributed by atoms with Gasteiger partial charge in [0.2, 0.25) is 0 Å². The van der Waals surface area contributed by atoms with Gasteiger partial charge in [-0.25, -0.2) is 0 Å². The van der Waals surface area contributed by atoms with Crippen LogP contribution < -0.4 is 0 Å². The Morgan fingerprint density at radius 1 is 1.56 bits per heavy atom. The molecule has 1 aromatic heterocycles. The van der Waals surface area contributed by atoms with Crippen LogP contribution in [0.1, 0.15) is 24.2 Å². The second kappa shape index (κ2) is 6.23. The smallest absolute Gasteiger partial charge is 0.0847 e. The van der Waals surface area contributed by atoms with E-state index < -0.39 is 0 Å². The molecule has 0 aliphatic rings. The lowest BCUT2D eigenvalue weighted by atomic mass is 10.1. The van der Waals surface area contributed by atoms with Gasteiger partial charge in [0, 0.05) is 27.2 Å². The third-order valence-electron chi connectivity index (χ3n) is 2.58. The fourth-order valence-electron chi connectivity index (χ4n) is 1.69. The number of hydrogen-bond acceptors (Lipinski definition) is 3. The van der Waals surface area contributed by atoms with Crippen LogP contribution in [0.5, 0.6) is 0 Å². The normalized spacial score (nSPS) is 13.1. The van der Waals surface area contributed by atoms with Gasteiger partial charge in [0.05, 0.1) is 22.5 Å². The molecule has 0 radical (unpaired) electrons. The monoisotopic (exact) mass is 246 g/mol. The maximum atomic E-state index is 9.83. The van der Waals surface area contributed by atoms with Crippen LogP contribution in [0.25, 0.3) is 0 Å². The van der Waals surface area contributed by atoms with Gasteiger partial charge >= 0.3 is 0 Å². The Morgan fingerprint density at radius 3 is 2.75 bits per heavy atom. The molecule has 92 valence electrons. The Labute approximate surface area is 101 Å². The topological polar surface area (TPSA) is 47.3 Å². The molecule has 0 aliphatic heterocycles. The molecule has 0 saturated heterocycles. The van der Waals surface area contributed by atoms with E-state index in [0.717, 1.165) is 17.8 Å². The Hall–Kier alpha value is -0.580. The summed E-state index contributed by atoms with van der Waals surface area (Å²) >= 11 is 6.10. The van der Waals surface area contributed by atoms with Gasteiger partial charge < -0.3 is 9.84 Å². The van der Waals surface area contributed by atoms with Crippen molar-refractivity contribution in [3.05, 3.63) is 16.4 Å². The number of aliphatic hydroxyl groups excluding tert-OH is 1. The zero-order chi connectivity index (χ0) is 12.1. The zero-order valence-electron chi connectivity index (χ0n) is 10.0. The maximum absolute atomic E-state index is 9.83. The number of methoxy groups -OCH3 is 1. The Balaban J connectivity index is 2.52. The summed E-state index contributed by atoms with van der Waals surface area (Å²) in [5, 5.41) is 14.7. The van der Waals surface area contributed by atoms with Gasteiger partial charge in [0.1, 0.15) is 0 Å². The first kappa shape index (κ1) is 13.5. The van der Waals surface area contributed by atoms with Crippen LogP contribution in [0.3, 0.4) is 0 Å². The predicted molar refractivity (Wildman–Crippen MR) is 63.8 cm³/mol. The molecular formula is C11H19ClN2O2. The highest BCUT2D eigenvalue weighted by Gasteiger charge is 2.14. The van der Waals surface area contributed by atoms with Gasteiger partial charge in [-0.15, -0.1) is 0 Å². The first-order valence-electron chi connectivity index (χ1n) is 5.41. The van der Waals surface area contributed by atoms with E-state index in [4.69, 9.17) is 16.3 Å².